The van der Waals surface area contributed by atoms with Gasteiger partial charge in [-0.05, 0) is 57.9 Å². The normalized spacial score (nSPS) is 17.8. The standard InChI is InChI=1S/C19H27N3O3/c1-19(2,3)25-18(23)21-13-16-7-8-22(14-16)9-10-24-17-6-4-5-15(11-17)12-20/h4-6,11,16H,7-10,13-14H2,1-3H3,(H,21,23)/t16-/m0/s1. The number of hydrogen-bond acceptors (Lipinski definition) is 5. The molecule has 0 bridgehead atoms. The number of nitriles is 1. The molecule has 136 valence electrons. The molecule has 6 heteroatoms. The van der Waals surface area contributed by atoms with Crippen molar-refractivity contribution in [1.82, 2.24) is 10.2 Å². The molecular formula is C19H27N3O3. The van der Waals surface area contributed by atoms with Gasteiger partial charge in [-0.3, -0.25) is 4.90 Å². The summed E-state index contributed by atoms with van der Waals surface area (Å²) in [6.07, 6.45) is 0.700. The molecule has 6 nitrogen and oxygen atoms in total. The maximum Gasteiger partial charge on any atom is 0.407 e. The maximum absolute atomic E-state index is 11.7. The van der Waals surface area contributed by atoms with Crippen LogP contribution in [-0.2, 0) is 4.74 Å². The summed E-state index contributed by atoms with van der Waals surface area (Å²) in [5.41, 5.74) is 0.137. The molecule has 1 amide bonds. The highest BCUT2D eigenvalue weighted by molar-refractivity contribution is 5.67. The third-order valence-corrected chi connectivity index (χ3v) is 3.94. The number of nitrogens with one attached hydrogen (secondary N) is 1. The molecule has 1 fully saturated rings. The van der Waals surface area contributed by atoms with Crippen LogP contribution in [0, 0.1) is 17.2 Å². The zero-order chi connectivity index (χ0) is 18.3. The molecule has 25 heavy (non-hydrogen) atoms. The van der Waals surface area contributed by atoms with Gasteiger partial charge in [0.05, 0.1) is 11.6 Å². The van der Waals surface area contributed by atoms with Crippen molar-refractivity contribution in [2.24, 2.45) is 5.92 Å². The summed E-state index contributed by atoms with van der Waals surface area (Å²) in [7, 11) is 0. The molecule has 0 saturated carbocycles. The van der Waals surface area contributed by atoms with E-state index in [1.807, 2.05) is 32.9 Å². The molecule has 1 aromatic rings. The van der Waals surface area contributed by atoms with Gasteiger partial charge >= 0.3 is 6.09 Å². The van der Waals surface area contributed by atoms with E-state index in [9.17, 15) is 4.79 Å². The fourth-order valence-electron chi connectivity index (χ4n) is 2.77. The summed E-state index contributed by atoms with van der Waals surface area (Å²) < 4.78 is 11.0. The largest absolute Gasteiger partial charge is 0.492 e. The van der Waals surface area contributed by atoms with Crippen molar-refractivity contribution < 1.29 is 14.3 Å². The molecule has 1 saturated heterocycles. The number of carbonyl (C=O) groups is 1. The number of rotatable bonds is 6. The van der Waals surface area contributed by atoms with E-state index in [1.54, 1.807) is 12.1 Å². The molecule has 0 radical (unpaired) electrons. The Morgan fingerprint density at radius 2 is 2.24 bits per heavy atom. The van der Waals surface area contributed by atoms with Crippen molar-refractivity contribution in [1.29, 1.82) is 5.26 Å². The van der Waals surface area contributed by atoms with Gasteiger partial charge in [-0.25, -0.2) is 4.79 Å². The van der Waals surface area contributed by atoms with Gasteiger partial charge < -0.3 is 14.8 Å². The Kier molecular flexibility index (Phi) is 6.65. The smallest absolute Gasteiger partial charge is 0.407 e. The summed E-state index contributed by atoms with van der Waals surface area (Å²) in [6.45, 7) is 9.57. The van der Waals surface area contributed by atoms with E-state index >= 15 is 0 Å². The van der Waals surface area contributed by atoms with Crippen molar-refractivity contribution >= 4 is 6.09 Å². The van der Waals surface area contributed by atoms with Gasteiger partial charge in [-0.15, -0.1) is 0 Å². The van der Waals surface area contributed by atoms with Gasteiger partial charge in [0.1, 0.15) is 18.0 Å². The van der Waals surface area contributed by atoms with Gasteiger partial charge in [-0.1, -0.05) is 6.07 Å². The van der Waals surface area contributed by atoms with Crippen molar-refractivity contribution in [3.05, 3.63) is 29.8 Å². The lowest BCUT2D eigenvalue weighted by atomic mass is 10.1. The van der Waals surface area contributed by atoms with Gasteiger partial charge in [0.25, 0.3) is 0 Å². The topological polar surface area (TPSA) is 74.6 Å². The Morgan fingerprint density at radius 1 is 1.44 bits per heavy atom. The lowest BCUT2D eigenvalue weighted by Gasteiger charge is -2.21. The number of benzene rings is 1. The number of likely N-dealkylation sites (tertiary alicyclic amines) is 1. The molecule has 0 aliphatic carbocycles. The van der Waals surface area contributed by atoms with Gasteiger partial charge in [0.2, 0.25) is 0 Å². The van der Waals surface area contributed by atoms with Crippen molar-refractivity contribution in [2.75, 3.05) is 32.8 Å². The van der Waals surface area contributed by atoms with Crippen molar-refractivity contribution in [3.63, 3.8) is 0 Å². The van der Waals surface area contributed by atoms with Crippen LogP contribution >= 0.6 is 0 Å². The molecule has 2 rings (SSSR count). The molecule has 1 aromatic carbocycles. The highest BCUT2D eigenvalue weighted by Crippen LogP contribution is 2.16. The van der Waals surface area contributed by atoms with E-state index in [0.717, 1.165) is 31.8 Å². The van der Waals surface area contributed by atoms with Crippen LogP contribution in [0.2, 0.25) is 0 Å². The van der Waals surface area contributed by atoms with Crippen LogP contribution < -0.4 is 10.1 Å². The quantitative estimate of drug-likeness (QED) is 0.858. The molecule has 0 spiro atoms. The number of alkyl carbamates (subject to hydrolysis) is 1. The second-order valence-electron chi connectivity index (χ2n) is 7.33. The van der Waals surface area contributed by atoms with E-state index in [0.29, 0.717) is 24.6 Å². The second kappa shape index (κ2) is 8.72. The summed E-state index contributed by atoms with van der Waals surface area (Å²) >= 11 is 0. The van der Waals surface area contributed by atoms with Crippen LogP contribution in [-0.4, -0.2) is 49.4 Å². The van der Waals surface area contributed by atoms with E-state index in [2.05, 4.69) is 16.3 Å². The lowest BCUT2D eigenvalue weighted by Crippen LogP contribution is -2.36. The maximum atomic E-state index is 11.7. The molecule has 1 heterocycles. The van der Waals surface area contributed by atoms with Crippen molar-refractivity contribution in [2.45, 2.75) is 32.8 Å². The van der Waals surface area contributed by atoms with E-state index in [-0.39, 0.29) is 6.09 Å². The van der Waals surface area contributed by atoms with Crippen LogP contribution in [0.25, 0.3) is 0 Å². The van der Waals surface area contributed by atoms with Crippen LogP contribution in [0.1, 0.15) is 32.8 Å². The zero-order valence-corrected chi connectivity index (χ0v) is 15.2. The van der Waals surface area contributed by atoms with E-state index in [4.69, 9.17) is 14.7 Å². The Hall–Kier alpha value is -2.26. The zero-order valence-electron chi connectivity index (χ0n) is 15.2. The SMILES string of the molecule is CC(C)(C)OC(=O)NC[C@@H]1CCN(CCOc2cccc(C#N)c2)C1. The first-order chi connectivity index (χ1) is 11.9. The molecule has 1 atom stereocenters. The lowest BCUT2D eigenvalue weighted by molar-refractivity contribution is 0.0519. The van der Waals surface area contributed by atoms with E-state index in [1.165, 1.54) is 0 Å². The molecule has 1 aliphatic heterocycles. The van der Waals surface area contributed by atoms with Crippen molar-refractivity contribution in [3.8, 4) is 11.8 Å². The minimum absolute atomic E-state index is 0.355. The monoisotopic (exact) mass is 345 g/mol. The first kappa shape index (κ1) is 19.1. The fraction of sp³-hybridized carbons (Fsp3) is 0.579. The molecule has 0 aromatic heterocycles. The highest BCUT2D eigenvalue weighted by Gasteiger charge is 2.23. The summed E-state index contributed by atoms with van der Waals surface area (Å²) in [5, 5.41) is 11.7. The minimum Gasteiger partial charge on any atom is -0.492 e. The number of amides is 1. The molecule has 1 aliphatic rings. The summed E-state index contributed by atoms with van der Waals surface area (Å²) in [5.74, 6) is 1.16. The third kappa shape index (κ3) is 7.02. The summed E-state index contributed by atoms with van der Waals surface area (Å²) in [6, 6.07) is 9.29. The van der Waals surface area contributed by atoms with Crippen LogP contribution in [0.5, 0.6) is 5.75 Å². The highest BCUT2D eigenvalue weighted by atomic mass is 16.6. The average molecular weight is 345 g/mol. The fourth-order valence-corrected chi connectivity index (χ4v) is 2.77. The predicted molar refractivity (Wildman–Crippen MR) is 95.4 cm³/mol. The van der Waals surface area contributed by atoms with Gasteiger partial charge in [0.15, 0.2) is 0 Å². The first-order valence-corrected chi connectivity index (χ1v) is 8.68. The second-order valence-corrected chi connectivity index (χ2v) is 7.33. The third-order valence-electron chi connectivity index (χ3n) is 3.94. The van der Waals surface area contributed by atoms with E-state index < -0.39 is 5.60 Å². The Bertz CT molecular complexity index is 619. The molecule has 1 N–H and O–H groups in total. The number of hydrogen-bond donors (Lipinski definition) is 1. The molecule has 0 unspecified atom stereocenters. The van der Waals surface area contributed by atoms with Crippen LogP contribution in [0.4, 0.5) is 4.79 Å². The summed E-state index contributed by atoms with van der Waals surface area (Å²) in [4.78, 5) is 14.0. The Labute approximate surface area is 149 Å². The number of ether oxygens (including phenoxy) is 2. The number of nitrogens with zero attached hydrogens (tertiary/aromatic N) is 2. The Balaban J connectivity index is 1.64. The average Bonchev–Trinajstić information content (AvgIpc) is 2.99. The number of carbonyl (C=O) groups excluding carboxylic acids is 1. The molecular weight excluding hydrogens is 318 g/mol. The van der Waals surface area contributed by atoms with Gasteiger partial charge in [0, 0.05) is 19.6 Å². The predicted octanol–water partition coefficient (Wildman–Crippen LogP) is 2.78. The minimum atomic E-state index is -0.466. The van der Waals surface area contributed by atoms with Gasteiger partial charge in [-0.2, -0.15) is 5.26 Å². The Morgan fingerprint density at radius 3 is 2.96 bits per heavy atom. The first-order valence-electron chi connectivity index (χ1n) is 8.68. The van der Waals surface area contributed by atoms with Crippen LogP contribution in [0.3, 0.4) is 0 Å². The van der Waals surface area contributed by atoms with Crippen LogP contribution in [0.15, 0.2) is 24.3 Å².